The van der Waals surface area contributed by atoms with Crippen molar-refractivity contribution in [3.05, 3.63) is 35.4 Å². The van der Waals surface area contributed by atoms with Crippen LogP contribution < -0.4 is 10.6 Å². The number of amides is 1. The van der Waals surface area contributed by atoms with Crippen LogP contribution in [0.5, 0.6) is 0 Å². The maximum Gasteiger partial charge on any atom is 0.237 e. The molecule has 3 atom stereocenters. The molecule has 0 aromatic heterocycles. The van der Waals surface area contributed by atoms with E-state index in [0.717, 1.165) is 37.8 Å². The molecule has 1 amide bonds. The highest BCUT2D eigenvalue weighted by Gasteiger charge is 2.23. The first kappa shape index (κ1) is 20.2. The van der Waals surface area contributed by atoms with Crippen LogP contribution >= 0.6 is 12.4 Å². The highest BCUT2D eigenvalue weighted by Crippen LogP contribution is 2.23. The van der Waals surface area contributed by atoms with Crippen LogP contribution in [0, 0.1) is 11.8 Å². The van der Waals surface area contributed by atoms with Gasteiger partial charge in [0.15, 0.2) is 0 Å². The van der Waals surface area contributed by atoms with Crippen LogP contribution in [-0.2, 0) is 17.9 Å². The number of hydrogen-bond acceptors (Lipinski definition) is 3. The van der Waals surface area contributed by atoms with Crippen molar-refractivity contribution in [2.24, 2.45) is 11.8 Å². The number of benzene rings is 1. The van der Waals surface area contributed by atoms with Crippen molar-refractivity contribution >= 4 is 18.3 Å². The van der Waals surface area contributed by atoms with E-state index in [1.807, 2.05) is 0 Å². The van der Waals surface area contributed by atoms with E-state index in [9.17, 15) is 4.79 Å². The summed E-state index contributed by atoms with van der Waals surface area (Å²) in [5.74, 6) is 1.69. The molecule has 0 spiro atoms. The summed E-state index contributed by atoms with van der Waals surface area (Å²) in [7, 11) is 0. The van der Waals surface area contributed by atoms with Gasteiger partial charge in [0.25, 0.3) is 0 Å². The standard InChI is InChI=1S/C20H31N3O.ClH/c1-15-10-16(2)13-23(12-15)14-18-7-4-3-6-17(18)11-22-20(24)19-8-5-9-21-19;/h3-4,6-7,15-16,19,21H,5,8-14H2,1-2H3,(H,22,24);1H. The monoisotopic (exact) mass is 365 g/mol. The molecule has 4 nitrogen and oxygen atoms in total. The predicted molar refractivity (Wildman–Crippen MR) is 105 cm³/mol. The van der Waals surface area contributed by atoms with Crippen LogP contribution in [0.15, 0.2) is 24.3 Å². The molecule has 1 aromatic rings. The van der Waals surface area contributed by atoms with Gasteiger partial charge >= 0.3 is 0 Å². The third-order valence-electron chi connectivity index (χ3n) is 5.29. The zero-order valence-corrected chi connectivity index (χ0v) is 16.3. The molecule has 25 heavy (non-hydrogen) atoms. The Morgan fingerprint density at radius 3 is 2.52 bits per heavy atom. The zero-order chi connectivity index (χ0) is 16.9. The Kier molecular flexibility index (Phi) is 7.73. The molecule has 2 saturated heterocycles. The van der Waals surface area contributed by atoms with E-state index < -0.39 is 0 Å². The summed E-state index contributed by atoms with van der Waals surface area (Å²) < 4.78 is 0. The van der Waals surface area contributed by atoms with Crippen LogP contribution in [0.1, 0.15) is 44.2 Å². The predicted octanol–water partition coefficient (Wildman–Crippen LogP) is 2.95. The van der Waals surface area contributed by atoms with Crippen molar-refractivity contribution in [3.63, 3.8) is 0 Å². The van der Waals surface area contributed by atoms with Gasteiger partial charge in [0.1, 0.15) is 0 Å². The van der Waals surface area contributed by atoms with Crippen LogP contribution in [0.2, 0.25) is 0 Å². The Morgan fingerprint density at radius 1 is 1.20 bits per heavy atom. The Hall–Kier alpha value is -1.10. The topological polar surface area (TPSA) is 44.4 Å². The Balaban J connectivity index is 0.00000225. The lowest BCUT2D eigenvalue weighted by Gasteiger charge is -2.35. The molecule has 140 valence electrons. The minimum atomic E-state index is 0. The molecule has 0 aliphatic carbocycles. The highest BCUT2D eigenvalue weighted by atomic mass is 35.5. The fourth-order valence-electron chi connectivity index (χ4n) is 4.26. The number of likely N-dealkylation sites (tertiary alicyclic amines) is 1. The first-order valence-electron chi connectivity index (χ1n) is 9.42. The number of nitrogens with zero attached hydrogens (tertiary/aromatic N) is 1. The second-order valence-corrected chi connectivity index (χ2v) is 7.78. The average molecular weight is 366 g/mol. The fraction of sp³-hybridized carbons (Fsp3) is 0.650. The molecule has 0 bridgehead atoms. The minimum Gasteiger partial charge on any atom is -0.351 e. The lowest BCUT2D eigenvalue weighted by atomic mass is 9.91. The van der Waals surface area contributed by atoms with Gasteiger partial charge in [-0.05, 0) is 48.8 Å². The molecule has 2 heterocycles. The summed E-state index contributed by atoms with van der Waals surface area (Å²) in [5, 5.41) is 6.38. The largest absolute Gasteiger partial charge is 0.351 e. The van der Waals surface area contributed by atoms with Crippen LogP contribution in [0.4, 0.5) is 0 Å². The Bertz CT molecular complexity index is 550. The third-order valence-corrected chi connectivity index (χ3v) is 5.29. The van der Waals surface area contributed by atoms with Gasteiger partial charge in [-0.3, -0.25) is 9.69 Å². The third kappa shape index (κ3) is 5.70. The second-order valence-electron chi connectivity index (χ2n) is 7.78. The fourth-order valence-corrected chi connectivity index (χ4v) is 4.26. The molecule has 2 N–H and O–H groups in total. The maximum absolute atomic E-state index is 12.2. The Labute approximate surface area is 158 Å². The zero-order valence-electron chi connectivity index (χ0n) is 15.5. The first-order valence-corrected chi connectivity index (χ1v) is 9.42. The van der Waals surface area contributed by atoms with Crippen molar-refractivity contribution in [2.45, 2.75) is 52.2 Å². The van der Waals surface area contributed by atoms with Crippen LogP contribution in [0.25, 0.3) is 0 Å². The van der Waals surface area contributed by atoms with Gasteiger partial charge in [-0.2, -0.15) is 0 Å². The average Bonchev–Trinajstić information content (AvgIpc) is 3.07. The summed E-state index contributed by atoms with van der Waals surface area (Å²) in [6, 6.07) is 8.53. The number of carbonyl (C=O) groups excluding carboxylic acids is 1. The second kappa shape index (κ2) is 9.56. The van der Waals surface area contributed by atoms with Gasteiger partial charge in [0.2, 0.25) is 5.91 Å². The van der Waals surface area contributed by atoms with Gasteiger partial charge in [0, 0.05) is 26.2 Å². The van der Waals surface area contributed by atoms with E-state index in [2.05, 4.69) is 53.6 Å². The molecular weight excluding hydrogens is 334 g/mol. The van der Waals surface area contributed by atoms with Crippen molar-refractivity contribution in [1.82, 2.24) is 15.5 Å². The van der Waals surface area contributed by atoms with Crippen molar-refractivity contribution in [3.8, 4) is 0 Å². The Morgan fingerprint density at radius 2 is 1.88 bits per heavy atom. The summed E-state index contributed by atoms with van der Waals surface area (Å²) >= 11 is 0. The van der Waals surface area contributed by atoms with E-state index in [-0.39, 0.29) is 24.4 Å². The highest BCUT2D eigenvalue weighted by molar-refractivity contribution is 5.85. The van der Waals surface area contributed by atoms with Crippen molar-refractivity contribution in [1.29, 1.82) is 0 Å². The molecule has 3 rings (SSSR count). The molecule has 2 aliphatic rings. The number of rotatable bonds is 5. The van der Waals surface area contributed by atoms with E-state index in [4.69, 9.17) is 0 Å². The van der Waals surface area contributed by atoms with Gasteiger partial charge in [-0.15, -0.1) is 12.4 Å². The number of piperidine rings is 1. The number of halogens is 1. The molecule has 3 unspecified atom stereocenters. The van der Waals surface area contributed by atoms with Gasteiger partial charge in [0.05, 0.1) is 6.04 Å². The smallest absolute Gasteiger partial charge is 0.237 e. The van der Waals surface area contributed by atoms with Gasteiger partial charge < -0.3 is 10.6 Å². The number of carbonyl (C=O) groups is 1. The lowest BCUT2D eigenvalue weighted by Crippen LogP contribution is -2.40. The lowest BCUT2D eigenvalue weighted by molar-refractivity contribution is -0.122. The normalized spacial score (nSPS) is 26.9. The van der Waals surface area contributed by atoms with Crippen LogP contribution in [-0.4, -0.2) is 36.5 Å². The quantitative estimate of drug-likeness (QED) is 0.843. The SMILES string of the molecule is CC1CC(C)CN(Cc2ccccc2CNC(=O)C2CCCN2)C1.Cl. The molecule has 5 heteroatoms. The molecule has 1 aromatic carbocycles. The molecule has 0 saturated carbocycles. The maximum atomic E-state index is 12.2. The van der Waals surface area contributed by atoms with Gasteiger partial charge in [-0.25, -0.2) is 0 Å². The number of nitrogens with one attached hydrogen (secondary N) is 2. The molecule has 2 aliphatic heterocycles. The summed E-state index contributed by atoms with van der Waals surface area (Å²) in [5.41, 5.74) is 2.59. The van der Waals surface area contributed by atoms with E-state index in [1.165, 1.54) is 30.6 Å². The number of hydrogen-bond donors (Lipinski definition) is 2. The van der Waals surface area contributed by atoms with Crippen molar-refractivity contribution in [2.75, 3.05) is 19.6 Å². The summed E-state index contributed by atoms with van der Waals surface area (Å²) in [6.07, 6.45) is 3.39. The van der Waals surface area contributed by atoms with Crippen molar-refractivity contribution < 1.29 is 4.79 Å². The first-order chi connectivity index (χ1) is 11.6. The molecule has 0 radical (unpaired) electrons. The molecule has 2 fully saturated rings. The van der Waals surface area contributed by atoms with E-state index >= 15 is 0 Å². The van der Waals surface area contributed by atoms with E-state index in [0.29, 0.717) is 6.54 Å². The summed E-state index contributed by atoms with van der Waals surface area (Å²) in [6.45, 7) is 9.63. The molecular formula is C20H32ClN3O. The van der Waals surface area contributed by atoms with Crippen LogP contribution in [0.3, 0.4) is 0 Å². The van der Waals surface area contributed by atoms with Gasteiger partial charge in [-0.1, -0.05) is 38.1 Å². The van der Waals surface area contributed by atoms with E-state index in [1.54, 1.807) is 0 Å². The minimum absolute atomic E-state index is 0. The summed E-state index contributed by atoms with van der Waals surface area (Å²) in [4.78, 5) is 14.8.